The van der Waals surface area contributed by atoms with E-state index in [1.165, 1.54) is 25.3 Å². The van der Waals surface area contributed by atoms with Crippen molar-refractivity contribution in [2.45, 2.75) is 0 Å². The van der Waals surface area contributed by atoms with Crippen LogP contribution >= 0.6 is 0 Å². The number of benzene rings is 3. The summed E-state index contributed by atoms with van der Waals surface area (Å²) in [6, 6.07) is 20.7. The van der Waals surface area contributed by atoms with E-state index in [0.717, 1.165) is 11.1 Å². The third-order valence-corrected chi connectivity index (χ3v) is 3.93. The lowest BCUT2D eigenvalue weighted by molar-refractivity contribution is 0.0600. The number of amides is 2. The third kappa shape index (κ3) is 4.24. The summed E-state index contributed by atoms with van der Waals surface area (Å²) in [6.45, 7) is 0. The van der Waals surface area contributed by atoms with E-state index in [1.807, 2.05) is 48.5 Å². The van der Waals surface area contributed by atoms with Gasteiger partial charge >= 0.3 is 12.0 Å². The Morgan fingerprint density at radius 3 is 2.22 bits per heavy atom. The zero-order valence-electron chi connectivity index (χ0n) is 14.6. The van der Waals surface area contributed by atoms with Crippen LogP contribution in [0.5, 0.6) is 5.75 Å². The Balaban J connectivity index is 1.77. The first-order valence-corrected chi connectivity index (χ1v) is 8.22. The number of nitrogens with one attached hydrogen (secondary N) is 2. The number of aromatic hydroxyl groups is 1. The first-order chi connectivity index (χ1) is 13.1. The van der Waals surface area contributed by atoms with Crippen LogP contribution in [0.4, 0.5) is 16.2 Å². The molecule has 0 radical (unpaired) electrons. The van der Waals surface area contributed by atoms with Crippen molar-refractivity contribution < 1.29 is 19.4 Å². The van der Waals surface area contributed by atoms with Crippen molar-refractivity contribution in [3.63, 3.8) is 0 Å². The molecular formula is C21H18N2O4. The van der Waals surface area contributed by atoms with Gasteiger partial charge in [0.1, 0.15) is 5.75 Å². The van der Waals surface area contributed by atoms with E-state index in [2.05, 4.69) is 15.4 Å². The molecular weight excluding hydrogens is 344 g/mol. The van der Waals surface area contributed by atoms with Crippen LogP contribution in [0.25, 0.3) is 11.1 Å². The number of urea groups is 1. The normalized spacial score (nSPS) is 10.1. The molecule has 0 aliphatic heterocycles. The van der Waals surface area contributed by atoms with Gasteiger partial charge in [0.2, 0.25) is 0 Å². The number of carbonyl (C=O) groups is 2. The maximum atomic E-state index is 12.4. The van der Waals surface area contributed by atoms with Crippen LogP contribution < -0.4 is 10.6 Å². The van der Waals surface area contributed by atoms with Crippen LogP contribution in [0.3, 0.4) is 0 Å². The summed E-state index contributed by atoms with van der Waals surface area (Å²) in [7, 11) is 1.25. The van der Waals surface area contributed by atoms with Crippen molar-refractivity contribution >= 4 is 23.4 Å². The molecule has 0 bridgehead atoms. The molecule has 0 heterocycles. The SMILES string of the molecule is COC(=O)c1ccc(NC(=O)Nc2ccccc2-c2ccccc2)c(O)c1. The predicted molar refractivity (Wildman–Crippen MR) is 104 cm³/mol. The standard InChI is InChI=1S/C21H18N2O4/c1-27-20(25)15-11-12-18(19(24)13-15)23-21(26)22-17-10-6-5-9-16(17)14-7-3-2-4-8-14/h2-13,24H,1H3,(H2,22,23,26). The number of hydrogen-bond donors (Lipinski definition) is 3. The number of anilines is 2. The van der Waals surface area contributed by atoms with Gasteiger partial charge in [0.25, 0.3) is 0 Å². The molecule has 3 rings (SSSR count). The van der Waals surface area contributed by atoms with Crippen LogP contribution in [0.2, 0.25) is 0 Å². The summed E-state index contributed by atoms with van der Waals surface area (Å²) in [6.07, 6.45) is 0. The molecule has 136 valence electrons. The number of methoxy groups -OCH3 is 1. The van der Waals surface area contributed by atoms with Gasteiger partial charge < -0.3 is 20.5 Å². The first kappa shape index (κ1) is 18.0. The van der Waals surface area contributed by atoms with Gasteiger partial charge in [-0.25, -0.2) is 9.59 Å². The third-order valence-electron chi connectivity index (χ3n) is 3.93. The number of esters is 1. The maximum absolute atomic E-state index is 12.4. The molecule has 3 aromatic rings. The lowest BCUT2D eigenvalue weighted by Gasteiger charge is -2.13. The van der Waals surface area contributed by atoms with Crippen molar-refractivity contribution in [2.75, 3.05) is 17.7 Å². The van der Waals surface area contributed by atoms with E-state index in [9.17, 15) is 14.7 Å². The highest BCUT2D eigenvalue weighted by atomic mass is 16.5. The van der Waals surface area contributed by atoms with Crippen molar-refractivity contribution in [3.8, 4) is 16.9 Å². The average Bonchev–Trinajstić information content (AvgIpc) is 2.70. The van der Waals surface area contributed by atoms with Crippen LogP contribution in [0, 0.1) is 0 Å². The Hall–Kier alpha value is -3.80. The molecule has 0 saturated heterocycles. The van der Waals surface area contributed by atoms with E-state index in [4.69, 9.17) is 0 Å². The predicted octanol–water partition coefficient (Wildman–Crippen LogP) is 4.49. The molecule has 0 atom stereocenters. The molecule has 6 nitrogen and oxygen atoms in total. The fourth-order valence-corrected chi connectivity index (χ4v) is 2.62. The monoisotopic (exact) mass is 362 g/mol. The van der Waals surface area contributed by atoms with Gasteiger partial charge in [-0.3, -0.25) is 0 Å². The molecule has 2 amide bonds. The summed E-state index contributed by atoms with van der Waals surface area (Å²) in [5.41, 5.74) is 2.84. The quantitative estimate of drug-likeness (QED) is 0.471. The first-order valence-electron chi connectivity index (χ1n) is 8.22. The van der Waals surface area contributed by atoms with Crippen LogP contribution in [-0.4, -0.2) is 24.2 Å². The Morgan fingerprint density at radius 1 is 0.852 bits per heavy atom. The van der Waals surface area contributed by atoms with E-state index in [0.29, 0.717) is 5.69 Å². The number of ether oxygens (including phenoxy) is 1. The summed E-state index contributed by atoms with van der Waals surface area (Å²) in [5.74, 6) is -0.803. The number of phenols is 1. The number of rotatable bonds is 4. The molecule has 3 aromatic carbocycles. The second-order valence-electron chi connectivity index (χ2n) is 5.71. The minimum atomic E-state index is -0.571. The zero-order valence-corrected chi connectivity index (χ0v) is 14.6. The molecule has 0 fully saturated rings. The topological polar surface area (TPSA) is 87.7 Å². The van der Waals surface area contributed by atoms with E-state index in [1.54, 1.807) is 6.07 Å². The average molecular weight is 362 g/mol. The summed E-state index contributed by atoms with van der Waals surface area (Å²) >= 11 is 0. The smallest absolute Gasteiger partial charge is 0.337 e. The molecule has 0 spiro atoms. The minimum absolute atomic E-state index is 0.178. The number of phenolic OH excluding ortho intramolecular Hbond substituents is 1. The second kappa shape index (κ2) is 8.05. The van der Waals surface area contributed by atoms with Crippen molar-refractivity contribution in [1.82, 2.24) is 0 Å². The van der Waals surface area contributed by atoms with E-state index < -0.39 is 12.0 Å². The van der Waals surface area contributed by atoms with E-state index in [-0.39, 0.29) is 17.0 Å². The molecule has 0 aliphatic rings. The zero-order chi connectivity index (χ0) is 19.2. The van der Waals surface area contributed by atoms with Crippen LogP contribution in [-0.2, 0) is 4.74 Å². The Morgan fingerprint density at radius 2 is 1.52 bits per heavy atom. The molecule has 0 aromatic heterocycles. The van der Waals surface area contributed by atoms with Gasteiger partial charge in [-0.15, -0.1) is 0 Å². The molecule has 0 saturated carbocycles. The molecule has 3 N–H and O–H groups in total. The number of hydrogen-bond acceptors (Lipinski definition) is 4. The van der Waals surface area contributed by atoms with E-state index >= 15 is 0 Å². The molecule has 0 unspecified atom stereocenters. The van der Waals surface area contributed by atoms with Crippen LogP contribution in [0.15, 0.2) is 72.8 Å². The lowest BCUT2D eigenvalue weighted by atomic mass is 10.0. The van der Waals surface area contributed by atoms with Crippen molar-refractivity contribution in [1.29, 1.82) is 0 Å². The largest absolute Gasteiger partial charge is 0.506 e. The van der Waals surface area contributed by atoms with Crippen LogP contribution in [0.1, 0.15) is 10.4 Å². The second-order valence-corrected chi connectivity index (χ2v) is 5.71. The fourth-order valence-electron chi connectivity index (χ4n) is 2.62. The van der Waals surface area contributed by atoms with Gasteiger partial charge in [-0.05, 0) is 29.8 Å². The summed E-state index contributed by atoms with van der Waals surface area (Å²) in [4.78, 5) is 23.8. The summed E-state index contributed by atoms with van der Waals surface area (Å²) < 4.78 is 4.60. The lowest BCUT2D eigenvalue weighted by Crippen LogP contribution is -2.20. The Kier molecular flexibility index (Phi) is 5.37. The molecule has 6 heteroatoms. The van der Waals surface area contributed by atoms with Crippen molar-refractivity contribution in [3.05, 3.63) is 78.4 Å². The van der Waals surface area contributed by atoms with Gasteiger partial charge in [-0.1, -0.05) is 48.5 Å². The van der Waals surface area contributed by atoms with Gasteiger partial charge in [-0.2, -0.15) is 0 Å². The highest BCUT2D eigenvalue weighted by Gasteiger charge is 2.12. The Bertz CT molecular complexity index is 971. The highest BCUT2D eigenvalue weighted by molar-refractivity contribution is 6.03. The fraction of sp³-hybridized carbons (Fsp3) is 0.0476. The number of para-hydroxylation sites is 1. The maximum Gasteiger partial charge on any atom is 0.337 e. The number of carbonyl (C=O) groups excluding carboxylic acids is 2. The van der Waals surface area contributed by atoms with Gasteiger partial charge in [0.15, 0.2) is 0 Å². The molecule has 27 heavy (non-hydrogen) atoms. The minimum Gasteiger partial charge on any atom is -0.506 e. The molecule has 0 aliphatic carbocycles. The Labute approximate surface area is 156 Å². The van der Waals surface area contributed by atoms with Crippen molar-refractivity contribution in [2.24, 2.45) is 0 Å². The van der Waals surface area contributed by atoms with Gasteiger partial charge in [0.05, 0.1) is 24.0 Å². The van der Waals surface area contributed by atoms with Gasteiger partial charge in [0, 0.05) is 5.56 Å². The summed E-state index contributed by atoms with van der Waals surface area (Å²) in [5, 5.41) is 15.4. The highest BCUT2D eigenvalue weighted by Crippen LogP contribution is 2.28.